The Balaban J connectivity index is 1.00. The van der Waals surface area contributed by atoms with Crippen LogP contribution in [0.25, 0.3) is 0 Å². The SMILES string of the molecule is CC1(CCC(=O)N(CCCCC2SCC3NC(=O)NC32)CC(=O)NCCSC(=O)NCc2cc3c(cc2O)CCCC3)N=N1. The molecule has 4 aliphatic rings. The molecule has 3 aliphatic heterocycles. The maximum absolute atomic E-state index is 13.0. The van der Waals surface area contributed by atoms with E-state index in [2.05, 4.69) is 31.5 Å². The van der Waals surface area contributed by atoms with E-state index in [-0.39, 0.29) is 60.4 Å². The van der Waals surface area contributed by atoms with Crippen LogP contribution in [0, 0.1) is 0 Å². The summed E-state index contributed by atoms with van der Waals surface area (Å²) < 4.78 is 0. The van der Waals surface area contributed by atoms with E-state index in [4.69, 9.17) is 0 Å². The molecule has 1 aromatic rings. The van der Waals surface area contributed by atoms with E-state index in [1.807, 2.05) is 30.8 Å². The van der Waals surface area contributed by atoms with Gasteiger partial charge in [-0.3, -0.25) is 14.4 Å². The van der Waals surface area contributed by atoms with E-state index in [1.165, 1.54) is 11.1 Å². The van der Waals surface area contributed by atoms with Crippen molar-refractivity contribution in [1.29, 1.82) is 0 Å². The van der Waals surface area contributed by atoms with Gasteiger partial charge < -0.3 is 31.3 Å². The molecular weight excluding hydrogens is 603 g/mol. The van der Waals surface area contributed by atoms with Gasteiger partial charge in [-0.15, -0.1) is 0 Å². The van der Waals surface area contributed by atoms with Gasteiger partial charge in [-0.25, -0.2) is 4.79 Å². The summed E-state index contributed by atoms with van der Waals surface area (Å²) in [5, 5.41) is 30.1. The predicted octanol–water partition coefficient (Wildman–Crippen LogP) is 3.46. The second kappa shape index (κ2) is 14.9. The fourth-order valence-corrected chi connectivity index (χ4v) is 8.12. The molecule has 5 rings (SSSR count). The summed E-state index contributed by atoms with van der Waals surface area (Å²) in [6.45, 7) is 2.85. The van der Waals surface area contributed by atoms with Crippen LogP contribution in [-0.2, 0) is 29.0 Å². The number of aromatic hydroxyl groups is 1. The molecule has 12 nitrogen and oxygen atoms in total. The number of thioether (sulfide) groups is 2. The number of rotatable bonds is 15. The zero-order valence-corrected chi connectivity index (χ0v) is 26.9. The normalized spacial score (nSPS) is 22.4. The van der Waals surface area contributed by atoms with Gasteiger partial charge in [0, 0.05) is 54.8 Å². The van der Waals surface area contributed by atoms with Crippen LogP contribution in [-0.4, -0.2) is 87.2 Å². The summed E-state index contributed by atoms with van der Waals surface area (Å²) in [4.78, 5) is 51.4. The highest BCUT2D eigenvalue weighted by molar-refractivity contribution is 8.13. The van der Waals surface area contributed by atoms with Crippen LogP contribution in [0.4, 0.5) is 9.59 Å². The predicted molar refractivity (Wildman–Crippen MR) is 171 cm³/mol. The first kappa shape index (κ1) is 32.4. The Morgan fingerprint density at radius 1 is 1.14 bits per heavy atom. The van der Waals surface area contributed by atoms with Crippen LogP contribution in [0.1, 0.15) is 68.6 Å². The van der Waals surface area contributed by atoms with Gasteiger partial charge in [0.25, 0.3) is 5.24 Å². The van der Waals surface area contributed by atoms with Gasteiger partial charge in [-0.05, 0) is 62.6 Å². The highest BCUT2D eigenvalue weighted by Gasteiger charge is 2.42. The number of fused-ring (bicyclic) bond motifs is 2. The molecule has 1 aliphatic carbocycles. The minimum atomic E-state index is -0.476. The molecule has 14 heteroatoms. The number of unbranched alkanes of at least 4 members (excludes halogenated alkanes) is 1. The van der Waals surface area contributed by atoms with E-state index in [0.717, 1.165) is 62.5 Å². The number of carbonyl (C=O) groups is 4. The number of amides is 5. The van der Waals surface area contributed by atoms with Gasteiger partial charge in [0.1, 0.15) is 5.75 Å². The Morgan fingerprint density at radius 3 is 2.68 bits per heavy atom. The van der Waals surface area contributed by atoms with Crippen LogP contribution in [0.15, 0.2) is 22.4 Å². The molecule has 0 saturated carbocycles. The molecule has 5 N–H and O–H groups in total. The molecule has 3 unspecified atom stereocenters. The summed E-state index contributed by atoms with van der Waals surface area (Å²) in [5.74, 6) is 1.14. The van der Waals surface area contributed by atoms with Crippen molar-refractivity contribution in [3.05, 3.63) is 28.8 Å². The fourth-order valence-electron chi connectivity index (χ4n) is 6.02. The second-order valence-corrected chi connectivity index (χ2v) is 14.5. The number of nitrogens with zero attached hydrogens (tertiary/aromatic N) is 3. The van der Waals surface area contributed by atoms with Gasteiger partial charge in [0.2, 0.25) is 11.8 Å². The number of hydrogen-bond donors (Lipinski definition) is 5. The van der Waals surface area contributed by atoms with Crippen LogP contribution < -0.4 is 21.3 Å². The number of phenols is 1. The maximum Gasteiger partial charge on any atom is 0.315 e. The Hall–Kier alpha value is -3.00. The standard InChI is InChI=1S/C30H43N7O5S2/c1-30(35-36-30)10-9-26(40)37(12-5-4-8-24-27-22(18-44-24)33-28(41)34-27)17-25(39)31-11-13-43-29(42)32-16-21-14-19-6-2-3-7-20(19)15-23(21)38/h14-15,22,24,27,38H,2-13,16-18H2,1H3,(H,31,39)(H,32,42)(H2,33,34,41). The first-order valence-corrected chi connectivity index (χ1v) is 17.6. The Labute approximate surface area is 266 Å². The number of aryl methyl sites for hydroxylation is 2. The second-order valence-electron chi connectivity index (χ2n) is 12.1. The van der Waals surface area contributed by atoms with Crippen LogP contribution in [0.5, 0.6) is 5.75 Å². The van der Waals surface area contributed by atoms with Crippen LogP contribution in [0.2, 0.25) is 0 Å². The molecule has 2 fully saturated rings. The molecule has 240 valence electrons. The third kappa shape index (κ3) is 9.02. The minimum absolute atomic E-state index is 0.0405. The number of urea groups is 1. The minimum Gasteiger partial charge on any atom is -0.508 e. The molecule has 0 spiro atoms. The van der Waals surface area contributed by atoms with Crippen molar-refractivity contribution in [3.8, 4) is 5.75 Å². The first-order valence-electron chi connectivity index (χ1n) is 15.6. The molecular formula is C30H43N7O5S2. The number of carbonyl (C=O) groups excluding carboxylic acids is 4. The van der Waals surface area contributed by atoms with Crippen molar-refractivity contribution in [3.63, 3.8) is 0 Å². The number of nitrogens with one attached hydrogen (secondary N) is 4. The quantitative estimate of drug-likeness (QED) is 0.144. The Bertz CT molecular complexity index is 1270. The molecule has 5 amide bonds. The van der Waals surface area contributed by atoms with Gasteiger partial charge in [0.05, 0.1) is 18.6 Å². The third-order valence-electron chi connectivity index (χ3n) is 8.67. The largest absolute Gasteiger partial charge is 0.508 e. The molecule has 3 atom stereocenters. The lowest BCUT2D eigenvalue weighted by atomic mass is 9.90. The topological polar surface area (TPSA) is 165 Å². The van der Waals surface area contributed by atoms with Crippen molar-refractivity contribution in [2.45, 2.75) is 94.3 Å². The third-order valence-corrected chi connectivity index (χ3v) is 11.0. The van der Waals surface area contributed by atoms with Crippen molar-refractivity contribution < 1.29 is 24.3 Å². The van der Waals surface area contributed by atoms with Crippen molar-refractivity contribution >= 4 is 46.6 Å². The van der Waals surface area contributed by atoms with Crippen molar-refractivity contribution in [2.75, 3.05) is 31.1 Å². The van der Waals surface area contributed by atoms with Crippen LogP contribution in [0.3, 0.4) is 0 Å². The van der Waals surface area contributed by atoms with E-state index < -0.39 is 5.66 Å². The van der Waals surface area contributed by atoms with E-state index in [1.54, 1.807) is 4.90 Å². The van der Waals surface area contributed by atoms with Crippen molar-refractivity contribution in [2.24, 2.45) is 10.2 Å². The number of benzene rings is 1. The fraction of sp³-hybridized carbons (Fsp3) is 0.667. The van der Waals surface area contributed by atoms with Gasteiger partial charge >= 0.3 is 6.03 Å². The monoisotopic (exact) mass is 645 g/mol. The molecule has 0 aromatic heterocycles. The average Bonchev–Trinajstić information content (AvgIpc) is 3.46. The molecule has 0 radical (unpaired) electrons. The van der Waals surface area contributed by atoms with Gasteiger partial charge in [0.15, 0.2) is 5.66 Å². The van der Waals surface area contributed by atoms with Gasteiger partial charge in [-0.1, -0.05) is 24.2 Å². The Morgan fingerprint density at radius 2 is 1.91 bits per heavy atom. The zero-order chi connectivity index (χ0) is 31.1. The van der Waals surface area contributed by atoms with Gasteiger partial charge in [-0.2, -0.15) is 22.0 Å². The molecule has 0 bridgehead atoms. The molecule has 44 heavy (non-hydrogen) atoms. The lowest BCUT2D eigenvalue weighted by Crippen LogP contribution is -2.42. The van der Waals surface area contributed by atoms with Crippen molar-refractivity contribution in [1.82, 2.24) is 26.2 Å². The zero-order valence-electron chi connectivity index (χ0n) is 25.2. The highest BCUT2D eigenvalue weighted by atomic mass is 32.2. The number of phenolic OH excluding ortho intramolecular Hbond substituents is 1. The lowest BCUT2D eigenvalue weighted by molar-refractivity contribution is -0.136. The molecule has 3 heterocycles. The van der Waals surface area contributed by atoms with Crippen LogP contribution >= 0.6 is 23.5 Å². The summed E-state index contributed by atoms with van der Waals surface area (Å²) in [7, 11) is 0. The lowest BCUT2D eigenvalue weighted by Gasteiger charge is -2.23. The van der Waals surface area contributed by atoms with E-state index >= 15 is 0 Å². The smallest absolute Gasteiger partial charge is 0.315 e. The average molecular weight is 646 g/mol. The maximum atomic E-state index is 13.0. The number of hydrogen-bond acceptors (Lipinski definition) is 9. The first-order chi connectivity index (χ1) is 21.2. The molecule has 2 saturated heterocycles. The summed E-state index contributed by atoms with van der Waals surface area (Å²) >= 11 is 2.94. The van der Waals surface area contributed by atoms with E-state index in [9.17, 15) is 24.3 Å². The Kier molecular flexibility index (Phi) is 10.9. The summed E-state index contributed by atoms with van der Waals surface area (Å²) in [5.41, 5.74) is 2.67. The summed E-state index contributed by atoms with van der Waals surface area (Å²) in [6, 6.07) is 4.05. The highest BCUT2D eigenvalue weighted by Crippen LogP contribution is 2.34. The summed E-state index contributed by atoms with van der Waals surface area (Å²) in [6.07, 6.45) is 7.63. The molecule has 1 aromatic carbocycles. The van der Waals surface area contributed by atoms with E-state index in [0.29, 0.717) is 36.1 Å².